The number of hydrogen-bond donors (Lipinski definition) is 3. The quantitative estimate of drug-likeness (QED) is 0.463. The van der Waals surface area contributed by atoms with Gasteiger partial charge in [-0.25, -0.2) is 8.42 Å². The predicted octanol–water partition coefficient (Wildman–Crippen LogP) is 4.96. The molecule has 0 spiro atoms. The van der Waals surface area contributed by atoms with Gasteiger partial charge in [0.1, 0.15) is 5.75 Å². The van der Waals surface area contributed by atoms with E-state index in [9.17, 15) is 8.42 Å². The van der Waals surface area contributed by atoms with E-state index in [4.69, 9.17) is 28.6 Å². The lowest BCUT2D eigenvalue weighted by molar-refractivity contribution is 0.415. The molecule has 3 aromatic rings. The van der Waals surface area contributed by atoms with Gasteiger partial charge in [-0.05, 0) is 85.0 Å². The zero-order valence-electron chi connectivity index (χ0n) is 15.3. The van der Waals surface area contributed by atoms with E-state index < -0.39 is 10.0 Å². The summed E-state index contributed by atoms with van der Waals surface area (Å²) in [5, 5.41) is 6.97. The van der Waals surface area contributed by atoms with Crippen molar-refractivity contribution in [2.45, 2.75) is 4.90 Å². The Bertz CT molecular complexity index is 1090. The minimum Gasteiger partial charge on any atom is -0.497 e. The number of nitrogens with one attached hydrogen (secondary N) is 3. The van der Waals surface area contributed by atoms with Crippen molar-refractivity contribution in [2.75, 3.05) is 22.5 Å². The second-order valence-corrected chi connectivity index (χ2v) is 8.47. The van der Waals surface area contributed by atoms with Crippen LogP contribution < -0.4 is 20.1 Å². The average molecular weight is 448 g/mol. The lowest BCUT2D eigenvalue weighted by atomic mass is 10.3. The van der Waals surface area contributed by atoms with Crippen molar-refractivity contribution >= 4 is 56.0 Å². The van der Waals surface area contributed by atoms with Gasteiger partial charge in [0, 0.05) is 22.1 Å². The minimum absolute atomic E-state index is 0.132. The SMILES string of the molecule is COc1ccc(NC(=S)Nc2ccc(S(=O)(=O)Nc3ccc(Cl)cc3)cc2)cc1. The molecule has 0 saturated carbocycles. The lowest BCUT2D eigenvalue weighted by Gasteiger charge is -2.12. The molecule has 0 radical (unpaired) electrons. The first kappa shape index (κ1) is 20.9. The van der Waals surface area contributed by atoms with E-state index in [0.29, 0.717) is 21.5 Å². The molecule has 0 heterocycles. The van der Waals surface area contributed by atoms with Gasteiger partial charge >= 0.3 is 0 Å². The van der Waals surface area contributed by atoms with E-state index in [2.05, 4.69) is 15.4 Å². The molecule has 0 aromatic heterocycles. The molecular weight excluding hydrogens is 430 g/mol. The van der Waals surface area contributed by atoms with E-state index in [1.165, 1.54) is 12.1 Å². The molecule has 6 nitrogen and oxygen atoms in total. The van der Waals surface area contributed by atoms with Crippen LogP contribution in [-0.4, -0.2) is 20.6 Å². The standard InChI is InChI=1S/C20H18ClN3O3S2/c1-27-18-10-6-15(7-11-18)22-20(28)23-16-8-12-19(13-9-16)29(25,26)24-17-4-2-14(21)3-5-17/h2-13,24H,1H3,(H2,22,23,28). The first-order valence-electron chi connectivity index (χ1n) is 8.46. The van der Waals surface area contributed by atoms with Crippen molar-refractivity contribution in [3.05, 3.63) is 77.8 Å². The summed E-state index contributed by atoms with van der Waals surface area (Å²) in [4.78, 5) is 0.132. The largest absolute Gasteiger partial charge is 0.497 e. The van der Waals surface area contributed by atoms with E-state index in [1.54, 1.807) is 43.5 Å². The molecule has 0 aliphatic heterocycles. The van der Waals surface area contributed by atoms with Crippen LogP contribution in [0.4, 0.5) is 17.1 Å². The third kappa shape index (κ3) is 5.83. The van der Waals surface area contributed by atoms with Crippen molar-refractivity contribution < 1.29 is 13.2 Å². The van der Waals surface area contributed by atoms with Crippen LogP contribution in [0, 0.1) is 0 Å². The predicted molar refractivity (Wildman–Crippen MR) is 122 cm³/mol. The van der Waals surface area contributed by atoms with Crippen LogP contribution in [0.5, 0.6) is 5.75 Å². The van der Waals surface area contributed by atoms with Crippen molar-refractivity contribution in [1.82, 2.24) is 0 Å². The zero-order chi connectivity index (χ0) is 20.9. The average Bonchev–Trinajstić information content (AvgIpc) is 2.70. The van der Waals surface area contributed by atoms with Gasteiger partial charge < -0.3 is 15.4 Å². The lowest BCUT2D eigenvalue weighted by Crippen LogP contribution is -2.19. The Morgan fingerprint density at radius 3 is 1.83 bits per heavy atom. The number of methoxy groups -OCH3 is 1. The topological polar surface area (TPSA) is 79.5 Å². The van der Waals surface area contributed by atoms with Crippen LogP contribution >= 0.6 is 23.8 Å². The second kappa shape index (κ2) is 9.13. The third-order valence-electron chi connectivity index (χ3n) is 3.87. The fraction of sp³-hybridized carbons (Fsp3) is 0.0500. The highest BCUT2D eigenvalue weighted by Gasteiger charge is 2.14. The second-order valence-electron chi connectivity index (χ2n) is 5.94. The van der Waals surface area contributed by atoms with E-state index >= 15 is 0 Å². The summed E-state index contributed by atoms with van der Waals surface area (Å²) >= 11 is 11.1. The Kier molecular flexibility index (Phi) is 6.58. The Morgan fingerprint density at radius 1 is 0.828 bits per heavy atom. The molecule has 3 aromatic carbocycles. The molecule has 0 bridgehead atoms. The van der Waals surface area contributed by atoms with Crippen LogP contribution in [0.3, 0.4) is 0 Å². The summed E-state index contributed by atoms with van der Waals surface area (Å²) in [6.07, 6.45) is 0. The molecule has 3 N–H and O–H groups in total. The van der Waals surface area contributed by atoms with Gasteiger partial charge in [-0.1, -0.05) is 11.6 Å². The summed E-state index contributed by atoms with van der Waals surface area (Å²) in [6.45, 7) is 0. The van der Waals surface area contributed by atoms with Crippen LogP contribution in [0.25, 0.3) is 0 Å². The molecule has 29 heavy (non-hydrogen) atoms. The van der Waals surface area contributed by atoms with Crippen molar-refractivity contribution in [1.29, 1.82) is 0 Å². The van der Waals surface area contributed by atoms with E-state index in [1.807, 2.05) is 24.3 Å². The number of ether oxygens (including phenoxy) is 1. The minimum atomic E-state index is -3.71. The van der Waals surface area contributed by atoms with Crippen LogP contribution in [0.15, 0.2) is 77.7 Å². The molecule has 0 amide bonds. The maximum Gasteiger partial charge on any atom is 0.261 e. The monoisotopic (exact) mass is 447 g/mol. The van der Waals surface area contributed by atoms with Gasteiger partial charge in [0.05, 0.1) is 12.0 Å². The van der Waals surface area contributed by atoms with E-state index in [-0.39, 0.29) is 4.90 Å². The third-order valence-corrected chi connectivity index (χ3v) is 5.72. The first-order valence-corrected chi connectivity index (χ1v) is 10.7. The Balaban J connectivity index is 1.62. The fourth-order valence-electron chi connectivity index (χ4n) is 2.42. The van der Waals surface area contributed by atoms with Crippen molar-refractivity contribution in [2.24, 2.45) is 0 Å². The number of anilines is 3. The Labute approximate surface area is 179 Å². The molecular formula is C20H18ClN3O3S2. The van der Waals surface area contributed by atoms with E-state index in [0.717, 1.165) is 11.4 Å². The molecule has 0 fully saturated rings. The highest BCUT2D eigenvalue weighted by Crippen LogP contribution is 2.20. The number of hydrogen-bond acceptors (Lipinski definition) is 4. The van der Waals surface area contributed by atoms with Crippen LogP contribution in [-0.2, 0) is 10.0 Å². The summed E-state index contributed by atoms with van der Waals surface area (Å²) in [5.41, 5.74) is 1.89. The molecule has 0 unspecified atom stereocenters. The molecule has 3 rings (SSSR count). The van der Waals surface area contributed by atoms with Crippen molar-refractivity contribution in [3.63, 3.8) is 0 Å². The summed E-state index contributed by atoms with van der Waals surface area (Å²) in [7, 11) is -2.11. The fourth-order valence-corrected chi connectivity index (χ4v) is 3.84. The highest BCUT2D eigenvalue weighted by molar-refractivity contribution is 7.92. The maximum absolute atomic E-state index is 12.5. The number of rotatable bonds is 6. The maximum atomic E-state index is 12.5. The number of sulfonamides is 1. The molecule has 0 aliphatic carbocycles. The first-order chi connectivity index (χ1) is 13.9. The van der Waals surface area contributed by atoms with Gasteiger partial charge in [0.15, 0.2) is 5.11 Å². The number of halogens is 1. The molecule has 150 valence electrons. The number of benzene rings is 3. The normalized spacial score (nSPS) is 10.8. The smallest absolute Gasteiger partial charge is 0.261 e. The molecule has 0 aliphatic rings. The summed E-state index contributed by atoms with van der Waals surface area (Å²) < 4.78 is 32.6. The Hall–Kier alpha value is -2.81. The molecule has 0 saturated heterocycles. The number of thiocarbonyl (C=S) groups is 1. The molecule has 9 heteroatoms. The van der Waals surface area contributed by atoms with Gasteiger partial charge in [-0.15, -0.1) is 0 Å². The van der Waals surface area contributed by atoms with Gasteiger partial charge in [-0.3, -0.25) is 4.72 Å². The summed E-state index contributed by atoms with van der Waals surface area (Å²) in [5.74, 6) is 0.749. The summed E-state index contributed by atoms with van der Waals surface area (Å²) in [6, 6.07) is 20.0. The van der Waals surface area contributed by atoms with Crippen molar-refractivity contribution in [3.8, 4) is 5.75 Å². The van der Waals surface area contributed by atoms with Crippen LogP contribution in [0.2, 0.25) is 5.02 Å². The van der Waals surface area contributed by atoms with Gasteiger partial charge in [0.2, 0.25) is 0 Å². The zero-order valence-corrected chi connectivity index (χ0v) is 17.7. The Morgan fingerprint density at radius 2 is 1.31 bits per heavy atom. The highest BCUT2D eigenvalue weighted by atomic mass is 35.5. The van der Waals surface area contributed by atoms with Gasteiger partial charge in [-0.2, -0.15) is 0 Å². The molecule has 0 atom stereocenters. The van der Waals surface area contributed by atoms with Crippen LogP contribution in [0.1, 0.15) is 0 Å². The van der Waals surface area contributed by atoms with Gasteiger partial charge in [0.25, 0.3) is 10.0 Å².